The van der Waals surface area contributed by atoms with Crippen LogP contribution in [0.2, 0.25) is 0 Å². The molecule has 72 valence electrons. The SMILES string of the molecule is NC(=O)Cc1coc2cc(F)ccc12. The summed E-state index contributed by atoms with van der Waals surface area (Å²) in [5, 5.41) is 0.727. The highest BCUT2D eigenvalue weighted by Crippen LogP contribution is 2.22. The first-order chi connectivity index (χ1) is 6.66. The van der Waals surface area contributed by atoms with E-state index >= 15 is 0 Å². The molecule has 0 unspecified atom stereocenters. The van der Waals surface area contributed by atoms with Gasteiger partial charge in [-0.3, -0.25) is 4.79 Å². The monoisotopic (exact) mass is 193 g/mol. The van der Waals surface area contributed by atoms with Crippen molar-refractivity contribution in [2.24, 2.45) is 5.73 Å². The second kappa shape index (κ2) is 3.14. The second-order valence-corrected chi connectivity index (χ2v) is 3.04. The summed E-state index contributed by atoms with van der Waals surface area (Å²) in [7, 11) is 0. The van der Waals surface area contributed by atoms with Crippen LogP contribution in [0, 0.1) is 5.82 Å². The zero-order valence-corrected chi connectivity index (χ0v) is 7.29. The summed E-state index contributed by atoms with van der Waals surface area (Å²) in [6, 6.07) is 4.18. The molecule has 2 N–H and O–H groups in total. The minimum Gasteiger partial charge on any atom is -0.464 e. The van der Waals surface area contributed by atoms with E-state index in [1.54, 1.807) is 6.07 Å². The van der Waals surface area contributed by atoms with Crippen molar-refractivity contribution in [3.05, 3.63) is 35.8 Å². The third-order valence-electron chi connectivity index (χ3n) is 1.98. The van der Waals surface area contributed by atoms with Crippen molar-refractivity contribution >= 4 is 16.9 Å². The van der Waals surface area contributed by atoms with E-state index < -0.39 is 5.91 Å². The van der Waals surface area contributed by atoms with Crippen molar-refractivity contribution in [3.8, 4) is 0 Å². The van der Waals surface area contributed by atoms with Gasteiger partial charge >= 0.3 is 0 Å². The van der Waals surface area contributed by atoms with Gasteiger partial charge in [0.05, 0.1) is 12.7 Å². The fraction of sp³-hybridized carbons (Fsp3) is 0.100. The van der Waals surface area contributed by atoms with Crippen molar-refractivity contribution in [3.63, 3.8) is 0 Å². The Morgan fingerprint density at radius 2 is 2.29 bits per heavy atom. The highest BCUT2D eigenvalue weighted by molar-refractivity contribution is 5.86. The van der Waals surface area contributed by atoms with E-state index in [0.717, 1.165) is 5.39 Å². The lowest BCUT2D eigenvalue weighted by Gasteiger charge is -1.92. The molecule has 1 amide bonds. The molecule has 0 aliphatic carbocycles. The summed E-state index contributed by atoms with van der Waals surface area (Å²) < 4.78 is 17.8. The zero-order valence-electron chi connectivity index (χ0n) is 7.29. The van der Waals surface area contributed by atoms with Gasteiger partial charge in [-0.15, -0.1) is 0 Å². The van der Waals surface area contributed by atoms with Gasteiger partial charge in [0.1, 0.15) is 11.4 Å². The molecule has 0 saturated carbocycles. The summed E-state index contributed by atoms with van der Waals surface area (Å²) in [5.74, 6) is -0.797. The van der Waals surface area contributed by atoms with Crippen LogP contribution in [0.5, 0.6) is 0 Å². The van der Waals surface area contributed by atoms with E-state index in [1.165, 1.54) is 18.4 Å². The molecule has 2 aromatic rings. The summed E-state index contributed by atoms with van der Waals surface area (Å²) in [6.07, 6.45) is 1.54. The molecule has 14 heavy (non-hydrogen) atoms. The van der Waals surface area contributed by atoms with E-state index in [2.05, 4.69) is 0 Å². The number of amides is 1. The molecule has 1 heterocycles. The van der Waals surface area contributed by atoms with Crippen molar-refractivity contribution in [1.29, 1.82) is 0 Å². The predicted octanol–water partition coefficient (Wildman–Crippen LogP) is 1.60. The Morgan fingerprint density at radius 1 is 1.50 bits per heavy atom. The quantitative estimate of drug-likeness (QED) is 0.787. The van der Waals surface area contributed by atoms with Crippen molar-refractivity contribution in [1.82, 2.24) is 0 Å². The van der Waals surface area contributed by atoms with Crippen LogP contribution in [0.25, 0.3) is 11.0 Å². The third kappa shape index (κ3) is 1.46. The Hall–Kier alpha value is -1.84. The molecule has 0 fully saturated rings. The molecular weight excluding hydrogens is 185 g/mol. The van der Waals surface area contributed by atoms with Crippen LogP contribution in [0.15, 0.2) is 28.9 Å². The molecule has 0 aliphatic rings. The number of hydrogen-bond acceptors (Lipinski definition) is 2. The summed E-state index contributed by atoms with van der Waals surface area (Å²) in [6.45, 7) is 0. The van der Waals surface area contributed by atoms with Crippen molar-refractivity contribution in [2.75, 3.05) is 0 Å². The molecule has 0 radical (unpaired) electrons. The van der Waals surface area contributed by atoms with Gasteiger partial charge in [0, 0.05) is 17.0 Å². The highest BCUT2D eigenvalue weighted by atomic mass is 19.1. The smallest absolute Gasteiger partial charge is 0.221 e. The first-order valence-corrected chi connectivity index (χ1v) is 4.11. The standard InChI is InChI=1S/C10H8FNO2/c11-7-1-2-8-6(3-10(12)13)5-14-9(8)4-7/h1-2,4-5H,3H2,(H2,12,13). The fourth-order valence-corrected chi connectivity index (χ4v) is 1.38. The highest BCUT2D eigenvalue weighted by Gasteiger charge is 2.08. The predicted molar refractivity (Wildman–Crippen MR) is 49.1 cm³/mol. The Morgan fingerprint density at radius 3 is 3.00 bits per heavy atom. The Kier molecular flexibility index (Phi) is 1.96. The second-order valence-electron chi connectivity index (χ2n) is 3.04. The van der Waals surface area contributed by atoms with Crippen LogP contribution in [0.4, 0.5) is 4.39 Å². The summed E-state index contributed by atoms with van der Waals surface area (Å²) in [5.41, 5.74) is 6.17. The van der Waals surface area contributed by atoms with Gasteiger partial charge in [-0.05, 0) is 12.1 Å². The van der Waals surface area contributed by atoms with Gasteiger partial charge in [-0.1, -0.05) is 0 Å². The van der Waals surface area contributed by atoms with Crippen LogP contribution in [0.3, 0.4) is 0 Å². The average molecular weight is 193 g/mol. The van der Waals surface area contributed by atoms with Crippen LogP contribution < -0.4 is 5.73 Å². The molecule has 0 spiro atoms. The molecule has 2 rings (SSSR count). The maximum atomic E-state index is 12.8. The van der Waals surface area contributed by atoms with Crippen LogP contribution in [-0.4, -0.2) is 5.91 Å². The molecule has 0 bridgehead atoms. The maximum absolute atomic E-state index is 12.8. The third-order valence-corrected chi connectivity index (χ3v) is 1.98. The van der Waals surface area contributed by atoms with Crippen molar-refractivity contribution in [2.45, 2.75) is 6.42 Å². The number of nitrogens with two attached hydrogens (primary N) is 1. The van der Waals surface area contributed by atoms with Crippen LogP contribution in [0.1, 0.15) is 5.56 Å². The van der Waals surface area contributed by atoms with Crippen molar-refractivity contribution < 1.29 is 13.6 Å². The number of carbonyl (C=O) groups is 1. The number of benzene rings is 1. The largest absolute Gasteiger partial charge is 0.464 e. The lowest BCUT2D eigenvalue weighted by Crippen LogP contribution is -2.13. The number of fused-ring (bicyclic) bond motifs is 1. The summed E-state index contributed by atoms with van der Waals surface area (Å²) >= 11 is 0. The summed E-state index contributed by atoms with van der Waals surface area (Å²) in [4.78, 5) is 10.7. The average Bonchev–Trinajstić information content (AvgIpc) is 2.47. The van der Waals surface area contributed by atoms with Gasteiger partial charge in [0.2, 0.25) is 5.91 Å². The maximum Gasteiger partial charge on any atom is 0.221 e. The Bertz CT molecular complexity index is 490. The Labute approximate surface area is 79.3 Å². The molecular formula is C10H8FNO2. The minimum atomic E-state index is -0.433. The first kappa shape index (κ1) is 8.74. The normalized spacial score (nSPS) is 10.6. The number of halogens is 1. The molecule has 1 aromatic carbocycles. The van der Waals surface area contributed by atoms with Gasteiger partial charge in [-0.25, -0.2) is 4.39 Å². The van der Waals surface area contributed by atoms with E-state index in [-0.39, 0.29) is 12.2 Å². The van der Waals surface area contributed by atoms with E-state index in [9.17, 15) is 9.18 Å². The molecule has 0 aliphatic heterocycles. The molecule has 0 saturated heterocycles. The van der Waals surface area contributed by atoms with Crippen LogP contribution >= 0.6 is 0 Å². The van der Waals surface area contributed by atoms with E-state index in [0.29, 0.717) is 11.1 Å². The number of primary amides is 1. The van der Waals surface area contributed by atoms with Gasteiger partial charge in [-0.2, -0.15) is 0 Å². The van der Waals surface area contributed by atoms with Gasteiger partial charge < -0.3 is 10.2 Å². The number of carbonyl (C=O) groups excluding carboxylic acids is 1. The van der Waals surface area contributed by atoms with E-state index in [4.69, 9.17) is 10.2 Å². The molecule has 1 aromatic heterocycles. The molecule has 4 heteroatoms. The van der Waals surface area contributed by atoms with Gasteiger partial charge in [0.25, 0.3) is 0 Å². The lowest BCUT2D eigenvalue weighted by molar-refractivity contribution is -0.117. The number of hydrogen-bond donors (Lipinski definition) is 1. The molecule has 0 atom stereocenters. The number of rotatable bonds is 2. The van der Waals surface area contributed by atoms with E-state index in [1.807, 2.05) is 0 Å². The molecule has 3 nitrogen and oxygen atoms in total. The van der Waals surface area contributed by atoms with Gasteiger partial charge in [0.15, 0.2) is 0 Å². The number of furan rings is 1. The first-order valence-electron chi connectivity index (χ1n) is 4.11. The topological polar surface area (TPSA) is 56.2 Å². The zero-order chi connectivity index (χ0) is 10.1. The Balaban J connectivity index is 2.52. The lowest BCUT2D eigenvalue weighted by atomic mass is 10.1. The minimum absolute atomic E-state index is 0.110. The van der Waals surface area contributed by atoms with Crippen LogP contribution in [-0.2, 0) is 11.2 Å². The fourth-order valence-electron chi connectivity index (χ4n) is 1.38.